The van der Waals surface area contributed by atoms with Crippen molar-refractivity contribution in [1.82, 2.24) is 0 Å². The van der Waals surface area contributed by atoms with E-state index in [0.29, 0.717) is 0 Å². The maximum absolute atomic E-state index is 6.90. The van der Waals surface area contributed by atoms with Gasteiger partial charge in [0.2, 0.25) is 5.69 Å². The zero-order valence-electron chi connectivity index (χ0n) is 22.4. The summed E-state index contributed by atoms with van der Waals surface area (Å²) in [5.74, 6) is 0. The first-order valence-corrected chi connectivity index (χ1v) is 12.9. The van der Waals surface area contributed by atoms with Crippen LogP contribution in [0.25, 0.3) is 44.0 Å². The van der Waals surface area contributed by atoms with E-state index in [1.54, 1.807) is 0 Å². The molecule has 0 fully saturated rings. The maximum atomic E-state index is 6.90. The Morgan fingerprint density at radius 3 is 2.11 bits per heavy atom. The van der Waals surface area contributed by atoms with E-state index in [4.69, 9.17) is 4.42 Å². The summed E-state index contributed by atoms with van der Waals surface area (Å²) in [5.41, 5.74) is 11.5. The van der Waals surface area contributed by atoms with Gasteiger partial charge in [-0.1, -0.05) is 45.9 Å². The number of furan rings is 1. The molecule has 0 amide bonds. The Balaban J connectivity index is 1.74. The van der Waals surface area contributed by atoms with Crippen molar-refractivity contribution in [3.05, 3.63) is 76.5 Å². The standard InChI is InChI=1S/C33H36NO/c1-19-9-12-27(34(8)18-19)29-21(3)15-20(2)28-23-11-10-22-16-25-26(17-24(22)30(23)35-31(28)29)33(6,7)14-13-32(25,4)5/h9-12,15-18H,13-14H2,1-8H3/q+1. The van der Waals surface area contributed by atoms with Crippen molar-refractivity contribution >= 4 is 32.7 Å². The summed E-state index contributed by atoms with van der Waals surface area (Å²) < 4.78 is 9.12. The first-order chi connectivity index (χ1) is 16.5. The minimum atomic E-state index is 0.167. The fourth-order valence-electron chi connectivity index (χ4n) is 6.48. The molecule has 0 unspecified atom stereocenters. The van der Waals surface area contributed by atoms with Gasteiger partial charge >= 0.3 is 0 Å². The summed E-state index contributed by atoms with van der Waals surface area (Å²) in [6.07, 6.45) is 4.62. The summed E-state index contributed by atoms with van der Waals surface area (Å²) in [6, 6.07) is 16.2. The summed E-state index contributed by atoms with van der Waals surface area (Å²) in [5, 5.41) is 4.96. The molecule has 0 saturated heterocycles. The molecule has 5 aromatic rings. The molecule has 0 N–H and O–H groups in total. The van der Waals surface area contributed by atoms with Crippen molar-refractivity contribution < 1.29 is 8.98 Å². The van der Waals surface area contributed by atoms with Crippen LogP contribution in [0.5, 0.6) is 0 Å². The second kappa shape index (κ2) is 7.20. The molecular weight excluding hydrogens is 426 g/mol. The number of fused-ring (bicyclic) bond motifs is 6. The fraction of sp³-hybridized carbons (Fsp3) is 0.364. The second-order valence-corrected chi connectivity index (χ2v) is 12.2. The van der Waals surface area contributed by atoms with Crippen LogP contribution in [0.15, 0.2) is 53.1 Å². The van der Waals surface area contributed by atoms with E-state index in [2.05, 4.69) is 109 Å². The van der Waals surface area contributed by atoms with Gasteiger partial charge in [0, 0.05) is 27.8 Å². The molecule has 2 heteroatoms. The van der Waals surface area contributed by atoms with E-state index in [-0.39, 0.29) is 10.8 Å². The molecule has 35 heavy (non-hydrogen) atoms. The number of pyridine rings is 1. The average Bonchev–Trinajstić information content (AvgIpc) is 3.18. The van der Waals surface area contributed by atoms with E-state index >= 15 is 0 Å². The van der Waals surface area contributed by atoms with Crippen LogP contribution in [-0.4, -0.2) is 0 Å². The Hall–Kier alpha value is -3.13. The molecule has 0 saturated carbocycles. The van der Waals surface area contributed by atoms with Gasteiger partial charge < -0.3 is 4.42 Å². The number of aromatic nitrogens is 1. The minimum Gasteiger partial charge on any atom is -0.454 e. The molecule has 1 aliphatic rings. The number of benzene rings is 3. The highest BCUT2D eigenvalue weighted by Crippen LogP contribution is 2.49. The zero-order chi connectivity index (χ0) is 24.9. The topological polar surface area (TPSA) is 17.0 Å². The van der Waals surface area contributed by atoms with E-state index < -0.39 is 0 Å². The lowest BCUT2D eigenvalue weighted by atomic mass is 9.63. The van der Waals surface area contributed by atoms with Gasteiger partial charge in [-0.15, -0.1) is 0 Å². The van der Waals surface area contributed by atoms with Gasteiger partial charge in [-0.05, 0) is 90.3 Å². The van der Waals surface area contributed by atoms with Gasteiger partial charge in [0.05, 0.1) is 5.56 Å². The van der Waals surface area contributed by atoms with Crippen molar-refractivity contribution in [3.63, 3.8) is 0 Å². The Bertz CT molecular complexity index is 1680. The monoisotopic (exact) mass is 462 g/mol. The van der Waals surface area contributed by atoms with E-state index in [1.165, 1.54) is 73.5 Å². The van der Waals surface area contributed by atoms with E-state index in [0.717, 1.165) is 11.2 Å². The van der Waals surface area contributed by atoms with Crippen molar-refractivity contribution in [1.29, 1.82) is 0 Å². The molecule has 0 spiro atoms. The van der Waals surface area contributed by atoms with Gasteiger partial charge in [0.1, 0.15) is 18.2 Å². The molecule has 0 aliphatic heterocycles. The van der Waals surface area contributed by atoms with Crippen LogP contribution in [0.2, 0.25) is 0 Å². The second-order valence-electron chi connectivity index (χ2n) is 12.2. The largest absolute Gasteiger partial charge is 0.454 e. The van der Waals surface area contributed by atoms with Crippen LogP contribution in [-0.2, 0) is 17.9 Å². The normalized spacial score (nSPS) is 16.8. The van der Waals surface area contributed by atoms with Crippen LogP contribution in [0, 0.1) is 20.8 Å². The molecule has 6 rings (SSSR count). The number of rotatable bonds is 1. The Labute approximate surface area is 208 Å². The van der Waals surface area contributed by atoms with E-state index in [9.17, 15) is 0 Å². The molecule has 0 bridgehead atoms. The van der Waals surface area contributed by atoms with Crippen LogP contribution >= 0.6 is 0 Å². The summed E-state index contributed by atoms with van der Waals surface area (Å²) in [6.45, 7) is 16.1. The van der Waals surface area contributed by atoms with Gasteiger partial charge in [-0.3, -0.25) is 0 Å². The number of hydrogen-bond donors (Lipinski definition) is 0. The molecule has 0 atom stereocenters. The molecule has 2 heterocycles. The summed E-state index contributed by atoms with van der Waals surface area (Å²) in [4.78, 5) is 0. The Morgan fingerprint density at radius 2 is 1.43 bits per heavy atom. The molecule has 0 radical (unpaired) electrons. The Kier molecular flexibility index (Phi) is 4.59. The number of nitrogens with zero attached hydrogens (tertiary/aromatic N) is 1. The molecule has 2 nitrogen and oxygen atoms in total. The van der Waals surface area contributed by atoms with Gasteiger partial charge in [0.15, 0.2) is 6.20 Å². The third-order valence-corrected chi connectivity index (χ3v) is 8.63. The highest BCUT2D eigenvalue weighted by atomic mass is 16.3. The van der Waals surface area contributed by atoms with Gasteiger partial charge in [-0.2, -0.15) is 0 Å². The molecule has 1 aliphatic carbocycles. The first kappa shape index (κ1) is 22.3. The number of aryl methyl sites for hydroxylation is 4. The highest BCUT2D eigenvalue weighted by Gasteiger charge is 2.37. The Morgan fingerprint density at radius 1 is 0.743 bits per heavy atom. The van der Waals surface area contributed by atoms with Crippen molar-refractivity contribution in [2.75, 3.05) is 0 Å². The molecule has 2 aromatic heterocycles. The van der Waals surface area contributed by atoms with Gasteiger partial charge in [0.25, 0.3) is 0 Å². The smallest absolute Gasteiger partial charge is 0.216 e. The van der Waals surface area contributed by atoms with Crippen LogP contribution in [0.4, 0.5) is 0 Å². The predicted molar refractivity (Wildman–Crippen MR) is 147 cm³/mol. The zero-order valence-corrected chi connectivity index (χ0v) is 22.4. The first-order valence-electron chi connectivity index (χ1n) is 12.9. The molecule has 178 valence electrons. The quantitative estimate of drug-likeness (QED) is 0.228. The van der Waals surface area contributed by atoms with Gasteiger partial charge in [-0.25, -0.2) is 4.57 Å². The summed E-state index contributed by atoms with van der Waals surface area (Å²) >= 11 is 0. The maximum Gasteiger partial charge on any atom is 0.216 e. The number of hydrogen-bond acceptors (Lipinski definition) is 1. The predicted octanol–water partition coefficient (Wildman–Crippen LogP) is 8.50. The third-order valence-electron chi connectivity index (χ3n) is 8.63. The van der Waals surface area contributed by atoms with Crippen LogP contribution in [0.1, 0.15) is 68.4 Å². The highest BCUT2D eigenvalue weighted by molar-refractivity contribution is 6.18. The van der Waals surface area contributed by atoms with Crippen molar-refractivity contribution in [2.24, 2.45) is 7.05 Å². The third kappa shape index (κ3) is 3.19. The van der Waals surface area contributed by atoms with Crippen molar-refractivity contribution in [2.45, 2.75) is 72.1 Å². The average molecular weight is 463 g/mol. The van der Waals surface area contributed by atoms with E-state index in [1.807, 2.05) is 0 Å². The van der Waals surface area contributed by atoms with Crippen LogP contribution < -0.4 is 4.57 Å². The van der Waals surface area contributed by atoms with Crippen LogP contribution in [0.3, 0.4) is 0 Å². The lowest BCUT2D eigenvalue weighted by Crippen LogP contribution is -2.33. The van der Waals surface area contributed by atoms with Crippen molar-refractivity contribution in [3.8, 4) is 11.3 Å². The SMILES string of the molecule is Cc1ccc(-c2c(C)cc(C)c3c2oc2c4cc5c(cc4ccc23)C(C)(C)CCC5(C)C)[n+](C)c1. The lowest BCUT2D eigenvalue weighted by Gasteiger charge is -2.42. The lowest BCUT2D eigenvalue weighted by molar-refractivity contribution is -0.660. The minimum absolute atomic E-state index is 0.167. The summed E-state index contributed by atoms with van der Waals surface area (Å²) in [7, 11) is 2.13. The molecular formula is C33H36NO+. The molecule has 3 aromatic carbocycles. The fourth-order valence-corrected chi connectivity index (χ4v) is 6.48.